The van der Waals surface area contributed by atoms with Gasteiger partial charge in [0.25, 0.3) is 0 Å². The van der Waals surface area contributed by atoms with Crippen LogP contribution in [0.4, 0.5) is 0 Å². The second kappa shape index (κ2) is 7.48. The van der Waals surface area contributed by atoms with E-state index in [1.165, 1.54) is 32.1 Å². The lowest BCUT2D eigenvalue weighted by Gasteiger charge is -2.26. The van der Waals surface area contributed by atoms with Gasteiger partial charge in [0.1, 0.15) is 0 Å². The normalized spacial score (nSPS) is 19.4. The molecule has 138 valence electrons. The number of aliphatic imine (C=N–C) groups is 1. The molecule has 26 heavy (non-hydrogen) atoms. The lowest BCUT2D eigenvalue weighted by atomic mass is 9.86. The van der Waals surface area contributed by atoms with Crippen molar-refractivity contribution in [1.29, 1.82) is 0 Å². The summed E-state index contributed by atoms with van der Waals surface area (Å²) in [5.41, 5.74) is 1.70. The van der Waals surface area contributed by atoms with E-state index in [1.807, 2.05) is 24.5 Å². The minimum absolute atomic E-state index is 0.556. The molecule has 0 aromatic carbocycles. The first-order chi connectivity index (χ1) is 12.8. The van der Waals surface area contributed by atoms with Gasteiger partial charge in [0, 0.05) is 38.2 Å². The van der Waals surface area contributed by atoms with Crippen molar-refractivity contribution in [3.63, 3.8) is 0 Å². The third-order valence-corrected chi connectivity index (χ3v) is 5.70. The van der Waals surface area contributed by atoms with Gasteiger partial charge in [-0.3, -0.25) is 0 Å². The molecule has 3 heterocycles. The van der Waals surface area contributed by atoms with E-state index in [1.54, 1.807) is 10.9 Å². The zero-order valence-electron chi connectivity index (χ0n) is 15.6. The molecule has 1 spiro atoms. The van der Waals surface area contributed by atoms with Crippen LogP contribution in [0.5, 0.6) is 0 Å². The minimum atomic E-state index is 0.556. The van der Waals surface area contributed by atoms with Gasteiger partial charge >= 0.3 is 0 Å². The molecule has 0 bridgehead atoms. The summed E-state index contributed by atoms with van der Waals surface area (Å²) in [5.74, 6) is 1.88. The van der Waals surface area contributed by atoms with Crippen molar-refractivity contribution in [1.82, 2.24) is 25.0 Å². The van der Waals surface area contributed by atoms with E-state index in [0.717, 1.165) is 37.0 Å². The van der Waals surface area contributed by atoms with Crippen molar-refractivity contribution in [2.24, 2.45) is 10.4 Å². The van der Waals surface area contributed by atoms with Gasteiger partial charge in [0.15, 0.2) is 11.8 Å². The Bertz CT molecular complexity index is 745. The molecule has 4 rings (SSSR count). The molecule has 1 saturated heterocycles. The second-order valence-corrected chi connectivity index (χ2v) is 7.52. The van der Waals surface area contributed by atoms with Gasteiger partial charge in [-0.25, -0.2) is 14.7 Å². The Morgan fingerprint density at radius 2 is 2.15 bits per heavy atom. The molecule has 6 nitrogen and oxygen atoms in total. The van der Waals surface area contributed by atoms with Crippen LogP contribution in [-0.4, -0.2) is 45.3 Å². The standard InChI is InChI=1S/C20H28N6/c1-2-21-19(25-13-9-20(16-25)7-3-4-8-20)23-15-17-6-11-22-18(14-17)26-12-5-10-24-26/h5-6,10-12,14H,2-4,7-9,13,15-16H2,1H3,(H,21,23). The molecule has 2 aliphatic rings. The highest BCUT2D eigenvalue weighted by Gasteiger charge is 2.41. The van der Waals surface area contributed by atoms with E-state index in [-0.39, 0.29) is 0 Å². The summed E-state index contributed by atoms with van der Waals surface area (Å²) in [6, 6.07) is 5.99. The number of guanidine groups is 1. The molecule has 0 amide bonds. The predicted octanol–water partition coefficient (Wildman–Crippen LogP) is 3.00. The van der Waals surface area contributed by atoms with Gasteiger partial charge in [-0.15, -0.1) is 0 Å². The SMILES string of the molecule is CCNC(=NCc1ccnc(-n2cccn2)c1)N1CCC2(CCCC2)C1. The maximum atomic E-state index is 4.92. The minimum Gasteiger partial charge on any atom is -0.357 e. The lowest BCUT2D eigenvalue weighted by Crippen LogP contribution is -2.41. The topological polar surface area (TPSA) is 58.3 Å². The lowest BCUT2D eigenvalue weighted by molar-refractivity contribution is 0.309. The predicted molar refractivity (Wildman–Crippen MR) is 103 cm³/mol. The molecule has 1 aliphatic heterocycles. The molecule has 0 atom stereocenters. The van der Waals surface area contributed by atoms with Crippen molar-refractivity contribution in [3.8, 4) is 5.82 Å². The summed E-state index contributed by atoms with van der Waals surface area (Å²) in [6.07, 6.45) is 12.4. The fourth-order valence-electron chi connectivity index (χ4n) is 4.33. The molecular formula is C20H28N6. The number of pyridine rings is 1. The maximum absolute atomic E-state index is 4.92. The van der Waals surface area contributed by atoms with Crippen LogP contribution in [0.1, 0.15) is 44.6 Å². The summed E-state index contributed by atoms with van der Waals surface area (Å²) >= 11 is 0. The quantitative estimate of drug-likeness (QED) is 0.679. The maximum Gasteiger partial charge on any atom is 0.194 e. The molecule has 1 saturated carbocycles. The molecule has 6 heteroatoms. The highest BCUT2D eigenvalue weighted by molar-refractivity contribution is 5.80. The first kappa shape index (κ1) is 17.1. The number of hydrogen-bond acceptors (Lipinski definition) is 3. The van der Waals surface area contributed by atoms with Crippen LogP contribution >= 0.6 is 0 Å². The van der Waals surface area contributed by atoms with Crippen LogP contribution in [-0.2, 0) is 6.54 Å². The van der Waals surface area contributed by atoms with Crippen molar-refractivity contribution < 1.29 is 0 Å². The first-order valence-corrected chi connectivity index (χ1v) is 9.76. The molecule has 2 aromatic rings. The number of nitrogens with one attached hydrogen (secondary N) is 1. The van der Waals surface area contributed by atoms with Crippen LogP contribution in [0.25, 0.3) is 5.82 Å². The van der Waals surface area contributed by atoms with Crippen LogP contribution < -0.4 is 5.32 Å². The summed E-state index contributed by atoms with van der Waals surface area (Å²) in [5, 5.41) is 7.74. The van der Waals surface area contributed by atoms with Crippen molar-refractivity contribution in [2.45, 2.75) is 45.6 Å². The van der Waals surface area contributed by atoms with Crippen LogP contribution in [0.2, 0.25) is 0 Å². The van der Waals surface area contributed by atoms with Gasteiger partial charge in [-0.1, -0.05) is 12.8 Å². The summed E-state index contributed by atoms with van der Waals surface area (Å²) in [7, 11) is 0. The van der Waals surface area contributed by atoms with Crippen LogP contribution in [0.15, 0.2) is 41.8 Å². The zero-order valence-corrected chi connectivity index (χ0v) is 15.6. The van der Waals surface area contributed by atoms with E-state index in [2.05, 4.69) is 33.3 Å². The Balaban J connectivity index is 1.47. The van der Waals surface area contributed by atoms with Gasteiger partial charge in [0.2, 0.25) is 0 Å². The Labute approximate surface area is 155 Å². The summed E-state index contributed by atoms with van der Waals surface area (Å²) in [4.78, 5) is 11.8. The molecule has 0 radical (unpaired) electrons. The van der Waals surface area contributed by atoms with E-state index in [9.17, 15) is 0 Å². The molecule has 1 aliphatic carbocycles. The summed E-state index contributed by atoms with van der Waals surface area (Å²) < 4.78 is 1.78. The average molecular weight is 352 g/mol. The van der Waals surface area contributed by atoms with Gasteiger partial charge in [-0.05, 0) is 55.4 Å². The van der Waals surface area contributed by atoms with Crippen LogP contribution in [0.3, 0.4) is 0 Å². The van der Waals surface area contributed by atoms with Gasteiger partial charge in [-0.2, -0.15) is 5.10 Å². The number of aromatic nitrogens is 3. The summed E-state index contributed by atoms with van der Waals surface area (Å²) in [6.45, 7) is 5.98. The number of nitrogens with zero attached hydrogens (tertiary/aromatic N) is 5. The highest BCUT2D eigenvalue weighted by Crippen LogP contribution is 2.45. The average Bonchev–Trinajstić information content (AvgIpc) is 3.43. The van der Waals surface area contributed by atoms with Crippen molar-refractivity contribution in [3.05, 3.63) is 42.4 Å². The molecule has 1 N–H and O–H groups in total. The molecule has 2 fully saturated rings. The third-order valence-electron chi connectivity index (χ3n) is 5.70. The fraction of sp³-hybridized carbons (Fsp3) is 0.550. The smallest absolute Gasteiger partial charge is 0.194 e. The molecule has 0 unspecified atom stereocenters. The van der Waals surface area contributed by atoms with Crippen molar-refractivity contribution in [2.75, 3.05) is 19.6 Å². The van der Waals surface area contributed by atoms with E-state index < -0.39 is 0 Å². The van der Waals surface area contributed by atoms with Gasteiger partial charge < -0.3 is 10.2 Å². The van der Waals surface area contributed by atoms with E-state index in [0.29, 0.717) is 12.0 Å². The number of hydrogen-bond donors (Lipinski definition) is 1. The largest absolute Gasteiger partial charge is 0.357 e. The third kappa shape index (κ3) is 3.59. The van der Waals surface area contributed by atoms with E-state index >= 15 is 0 Å². The Hall–Kier alpha value is -2.37. The zero-order chi connectivity index (χ0) is 17.8. The van der Waals surface area contributed by atoms with Crippen molar-refractivity contribution >= 4 is 5.96 Å². The van der Waals surface area contributed by atoms with E-state index in [4.69, 9.17) is 4.99 Å². The Morgan fingerprint density at radius 1 is 1.27 bits per heavy atom. The van der Waals surface area contributed by atoms with Crippen LogP contribution in [0, 0.1) is 5.41 Å². The fourth-order valence-corrected chi connectivity index (χ4v) is 4.33. The monoisotopic (exact) mass is 352 g/mol. The Kier molecular flexibility index (Phi) is 4.91. The first-order valence-electron chi connectivity index (χ1n) is 9.76. The molecule has 2 aromatic heterocycles. The molecular weight excluding hydrogens is 324 g/mol. The Morgan fingerprint density at radius 3 is 2.92 bits per heavy atom. The van der Waals surface area contributed by atoms with Gasteiger partial charge in [0.05, 0.1) is 6.54 Å². The highest BCUT2D eigenvalue weighted by atomic mass is 15.3. The second-order valence-electron chi connectivity index (χ2n) is 7.52. The number of rotatable bonds is 4. The number of likely N-dealkylation sites (tertiary alicyclic amines) is 1.